The molecular weight excluding hydrogens is 328 g/mol. The first-order valence-electron chi connectivity index (χ1n) is 8.42. The Morgan fingerprint density at radius 2 is 2.04 bits per heavy atom. The van der Waals surface area contributed by atoms with Crippen LogP contribution in [0.4, 0.5) is 5.69 Å². The second-order valence-corrected chi connectivity index (χ2v) is 6.20. The lowest BCUT2D eigenvalue weighted by atomic mass is 10.1. The van der Waals surface area contributed by atoms with Crippen molar-refractivity contribution in [1.29, 1.82) is 0 Å². The van der Waals surface area contributed by atoms with Crippen molar-refractivity contribution in [3.63, 3.8) is 0 Å². The summed E-state index contributed by atoms with van der Waals surface area (Å²) in [6, 6.07) is 9.75. The number of hydrogen-bond donors (Lipinski definition) is 1. The van der Waals surface area contributed by atoms with E-state index in [1.54, 1.807) is 10.7 Å². The largest absolute Gasteiger partial charge is 0.325 e. The number of amides is 1. The number of nitrogens with zero attached hydrogens (tertiary/aromatic N) is 5. The molecule has 0 spiro atoms. The SMILES string of the molecule is Cc1nc2ncnn2c(C)c1CCC(=O)Nc1cnc2ccccc2c1. The maximum atomic E-state index is 12.4. The first-order valence-corrected chi connectivity index (χ1v) is 8.42. The van der Waals surface area contributed by atoms with Gasteiger partial charge in [-0.3, -0.25) is 9.78 Å². The molecule has 4 rings (SSSR count). The van der Waals surface area contributed by atoms with Crippen LogP contribution in [0, 0.1) is 13.8 Å². The highest BCUT2D eigenvalue weighted by atomic mass is 16.1. The molecule has 4 aromatic rings. The predicted molar refractivity (Wildman–Crippen MR) is 98.9 cm³/mol. The summed E-state index contributed by atoms with van der Waals surface area (Å²) in [5.41, 5.74) is 4.47. The number of aromatic nitrogens is 5. The quantitative estimate of drug-likeness (QED) is 0.614. The molecule has 0 saturated carbocycles. The van der Waals surface area contributed by atoms with Crippen LogP contribution >= 0.6 is 0 Å². The van der Waals surface area contributed by atoms with Gasteiger partial charge in [0.2, 0.25) is 5.91 Å². The Hall–Kier alpha value is -3.35. The highest BCUT2D eigenvalue weighted by Gasteiger charge is 2.13. The van der Waals surface area contributed by atoms with Gasteiger partial charge in [0.25, 0.3) is 5.78 Å². The maximum absolute atomic E-state index is 12.4. The zero-order valence-corrected chi connectivity index (χ0v) is 14.6. The summed E-state index contributed by atoms with van der Waals surface area (Å²) >= 11 is 0. The fraction of sp³-hybridized carbons (Fsp3) is 0.211. The molecule has 0 unspecified atom stereocenters. The number of anilines is 1. The molecule has 3 aromatic heterocycles. The number of carbonyl (C=O) groups is 1. The number of pyridine rings is 1. The number of carbonyl (C=O) groups excluding carboxylic acids is 1. The second kappa shape index (κ2) is 6.51. The highest BCUT2D eigenvalue weighted by molar-refractivity contribution is 5.93. The van der Waals surface area contributed by atoms with E-state index in [1.807, 2.05) is 44.2 Å². The third-order valence-corrected chi connectivity index (χ3v) is 4.46. The standard InChI is InChI=1S/C19H18N6O/c1-12-16(13(2)25-19(23-12)21-11-22-25)7-8-18(26)24-15-9-14-5-3-4-6-17(14)20-10-15/h3-6,9-11H,7-8H2,1-2H3,(H,24,26). The van der Waals surface area contributed by atoms with Gasteiger partial charge in [-0.15, -0.1) is 0 Å². The zero-order chi connectivity index (χ0) is 18.1. The van der Waals surface area contributed by atoms with Crippen molar-refractivity contribution in [1.82, 2.24) is 24.6 Å². The molecular formula is C19H18N6O. The molecule has 0 atom stereocenters. The number of para-hydroxylation sites is 1. The summed E-state index contributed by atoms with van der Waals surface area (Å²) in [6.07, 6.45) is 4.11. The minimum Gasteiger partial charge on any atom is -0.325 e. The van der Waals surface area contributed by atoms with Crippen molar-refractivity contribution in [2.75, 3.05) is 5.32 Å². The molecule has 0 aliphatic carbocycles. The second-order valence-electron chi connectivity index (χ2n) is 6.20. The summed E-state index contributed by atoms with van der Waals surface area (Å²) < 4.78 is 1.70. The number of fused-ring (bicyclic) bond motifs is 2. The van der Waals surface area contributed by atoms with Crippen LogP contribution in [0.25, 0.3) is 16.7 Å². The van der Waals surface area contributed by atoms with Crippen molar-refractivity contribution in [3.05, 3.63) is 59.8 Å². The van der Waals surface area contributed by atoms with Crippen molar-refractivity contribution >= 4 is 28.3 Å². The van der Waals surface area contributed by atoms with E-state index >= 15 is 0 Å². The lowest BCUT2D eigenvalue weighted by Crippen LogP contribution is -2.14. The van der Waals surface area contributed by atoms with Crippen LogP contribution in [-0.4, -0.2) is 30.5 Å². The molecule has 0 bridgehead atoms. The molecule has 0 radical (unpaired) electrons. The molecule has 130 valence electrons. The molecule has 0 aliphatic rings. The van der Waals surface area contributed by atoms with Gasteiger partial charge >= 0.3 is 0 Å². The van der Waals surface area contributed by atoms with E-state index < -0.39 is 0 Å². The van der Waals surface area contributed by atoms with Gasteiger partial charge in [0.1, 0.15) is 6.33 Å². The van der Waals surface area contributed by atoms with E-state index in [0.29, 0.717) is 24.3 Å². The van der Waals surface area contributed by atoms with Crippen molar-refractivity contribution in [2.45, 2.75) is 26.7 Å². The molecule has 1 N–H and O–H groups in total. The van der Waals surface area contributed by atoms with Crippen LogP contribution in [0.1, 0.15) is 23.4 Å². The van der Waals surface area contributed by atoms with Crippen LogP contribution in [0.3, 0.4) is 0 Å². The monoisotopic (exact) mass is 346 g/mol. The number of aryl methyl sites for hydroxylation is 2. The summed E-state index contributed by atoms with van der Waals surface area (Å²) in [5, 5.41) is 8.09. The Morgan fingerprint density at radius 3 is 2.92 bits per heavy atom. The Bertz CT molecular complexity index is 1120. The fourth-order valence-corrected chi connectivity index (χ4v) is 3.12. The van der Waals surface area contributed by atoms with Gasteiger partial charge in [-0.1, -0.05) is 18.2 Å². The van der Waals surface area contributed by atoms with E-state index in [0.717, 1.165) is 27.9 Å². The van der Waals surface area contributed by atoms with Gasteiger partial charge in [0.15, 0.2) is 0 Å². The molecule has 0 aliphatic heterocycles. The number of benzene rings is 1. The molecule has 1 amide bonds. The summed E-state index contributed by atoms with van der Waals surface area (Å²) in [5.74, 6) is 0.523. The summed E-state index contributed by atoms with van der Waals surface area (Å²) in [7, 11) is 0. The molecule has 7 heteroatoms. The first kappa shape index (κ1) is 16.1. The van der Waals surface area contributed by atoms with E-state index in [2.05, 4.69) is 25.4 Å². The summed E-state index contributed by atoms with van der Waals surface area (Å²) in [4.78, 5) is 25.3. The molecule has 0 saturated heterocycles. The number of nitrogens with one attached hydrogen (secondary N) is 1. The van der Waals surface area contributed by atoms with E-state index in [4.69, 9.17) is 0 Å². The van der Waals surface area contributed by atoms with Crippen molar-refractivity contribution < 1.29 is 4.79 Å². The van der Waals surface area contributed by atoms with Crippen LogP contribution in [0.5, 0.6) is 0 Å². The highest BCUT2D eigenvalue weighted by Crippen LogP contribution is 2.18. The molecule has 0 fully saturated rings. The van der Waals surface area contributed by atoms with Crippen molar-refractivity contribution in [2.24, 2.45) is 0 Å². The Labute approximate surface area is 150 Å². The minimum atomic E-state index is -0.0560. The van der Waals surface area contributed by atoms with Gasteiger partial charge in [-0.25, -0.2) is 9.50 Å². The number of rotatable bonds is 4. The van der Waals surface area contributed by atoms with E-state index in [9.17, 15) is 4.79 Å². The van der Waals surface area contributed by atoms with Crippen molar-refractivity contribution in [3.8, 4) is 0 Å². The molecule has 1 aromatic carbocycles. The Kier molecular flexibility index (Phi) is 4.04. The van der Waals surface area contributed by atoms with Gasteiger partial charge in [0.05, 0.1) is 17.4 Å². The van der Waals surface area contributed by atoms with Crippen LogP contribution < -0.4 is 5.32 Å². The van der Waals surface area contributed by atoms with Crippen LogP contribution in [-0.2, 0) is 11.2 Å². The smallest absolute Gasteiger partial charge is 0.252 e. The Morgan fingerprint density at radius 1 is 1.19 bits per heavy atom. The third kappa shape index (κ3) is 2.99. The van der Waals surface area contributed by atoms with E-state index in [-0.39, 0.29) is 5.91 Å². The van der Waals surface area contributed by atoms with E-state index in [1.165, 1.54) is 6.33 Å². The topological polar surface area (TPSA) is 85.1 Å². The molecule has 26 heavy (non-hydrogen) atoms. The van der Waals surface area contributed by atoms with Gasteiger partial charge in [0, 0.05) is 23.2 Å². The number of hydrogen-bond acceptors (Lipinski definition) is 5. The zero-order valence-electron chi connectivity index (χ0n) is 14.6. The maximum Gasteiger partial charge on any atom is 0.252 e. The van der Waals surface area contributed by atoms with Crippen LogP contribution in [0.15, 0.2) is 42.9 Å². The summed E-state index contributed by atoms with van der Waals surface area (Å²) in [6.45, 7) is 3.90. The van der Waals surface area contributed by atoms with Gasteiger partial charge in [-0.05, 0) is 38.0 Å². The molecule has 3 heterocycles. The molecule has 7 nitrogen and oxygen atoms in total. The van der Waals surface area contributed by atoms with Crippen LogP contribution in [0.2, 0.25) is 0 Å². The fourth-order valence-electron chi connectivity index (χ4n) is 3.12. The minimum absolute atomic E-state index is 0.0560. The average molecular weight is 346 g/mol. The Balaban J connectivity index is 1.48. The lowest BCUT2D eigenvalue weighted by Gasteiger charge is -2.10. The lowest BCUT2D eigenvalue weighted by molar-refractivity contribution is -0.116. The normalized spacial score (nSPS) is 11.2. The average Bonchev–Trinajstić information content (AvgIpc) is 3.10. The first-order chi connectivity index (χ1) is 12.6. The van der Waals surface area contributed by atoms with Gasteiger partial charge < -0.3 is 5.32 Å². The van der Waals surface area contributed by atoms with Gasteiger partial charge in [-0.2, -0.15) is 10.1 Å². The predicted octanol–water partition coefficient (Wildman–Crippen LogP) is 2.86. The third-order valence-electron chi connectivity index (χ3n) is 4.46.